The first kappa shape index (κ1) is 46.1. The third kappa shape index (κ3) is 10.1. The van der Waals surface area contributed by atoms with Crippen molar-refractivity contribution in [3.8, 4) is 17.2 Å². The van der Waals surface area contributed by atoms with Crippen LogP contribution in [0.1, 0.15) is 93.0 Å². The van der Waals surface area contributed by atoms with Gasteiger partial charge in [0.1, 0.15) is 23.5 Å². The fourth-order valence-corrected chi connectivity index (χ4v) is 11.1. The highest BCUT2D eigenvalue weighted by molar-refractivity contribution is 7.89. The summed E-state index contributed by atoms with van der Waals surface area (Å²) in [6, 6.07) is 17.5. The number of nitrogens with zero attached hydrogens (tertiary/aromatic N) is 2. The molecule has 2 aliphatic carbocycles. The van der Waals surface area contributed by atoms with Gasteiger partial charge in [-0.25, -0.2) is 8.42 Å². The number of carbonyl (C=O) groups excluding carboxylic acids is 2. The number of aliphatic hydroxyl groups excluding tert-OH is 2. The average molecular weight is 886 g/mol. The van der Waals surface area contributed by atoms with Crippen molar-refractivity contribution in [2.24, 2.45) is 22.9 Å². The van der Waals surface area contributed by atoms with Crippen LogP contribution in [0.5, 0.6) is 17.2 Å². The number of sulfonamides is 1. The number of allylic oxidation sites excluding steroid dienone is 1. The smallest absolute Gasteiger partial charge is 0.243 e. The van der Waals surface area contributed by atoms with Crippen LogP contribution in [0.15, 0.2) is 101 Å². The number of unbranched alkanes of at least 4 members (excludes halogenated alkanes) is 2. The number of anilines is 1. The topological polar surface area (TPSA) is 183 Å². The number of fused-ring (bicyclic) bond motifs is 2. The normalized spacial score (nSPS) is 25.9. The van der Waals surface area contributed by atoms with E-state index in [4.69, 9.17) is 28.9 Å². The number of amides is 1. The first-order valence-electron chi connectivity index (χ1n) is 22.0. The number of carbonyl (C=O) groups is 2. The van der Waals surface area contributed by atoms with Gasteiger partial charge in [-0.2, -0.15) is 4.31 Å². The zero-order valence-corrected chi connectivity index (χ0v) is 36.8. The first-order valence-corrected chi connectivity index (χ1v) is 23.4. The van der Waals surface area contributed by atoms with Crippen molar-refractivity contribution in [2.75, 3.05) is 38.8 Å². The number of rotatable bonds is 20. The third-order valence-electron chi connectivity index (χ3n) is 12.6. The number of oxime groups is 1. The maximum Gasteiger partial charge on any atom is 0.243 e. The largest absolute Gasteiger partial charge is 0.460 e. The van der Waals surface area contributed by atoms with Crippen molar-refractivity contribution in [3.63, 3.8) is 0 Å². The highest BCUT2D eigenvalue weighted by Crippen LogP contribution is 2.62. The Kier molecular flexibility index (Phi) is 15.2. The van der Waals surface area contributed by atoms with Crippen molar-refractivity contribution in [2.45, 2.75) is 100 Å². The van der Waals surface area contributed by atoms with Gasteiger partial charge < -0.3 is 39.3 Å². The first-order chi connectivity index (χ1) is 30.5. The van der Waals surface area contributed by atoms with E-state index in [9.17, 15) is 28.2 Å². The van der Waals surface area contributed by atoms with Crippen LogP contribution in [0.25, 0.3) is 0 Å². The number of benzene rings is 3. The molecule has 4 aliphatic rings. The summed E-state index contributed by atoms with van der Waals surface area (Å²) >= 11 is 0. The van der Waals surface area contributed by atoms with Gasteiger partial charge in [-0.15, -0.1) is 6.58 Å². The van der Waals surface area contributed by atoms with Crippen LogP contribution in [-0.4, -0.2) is 92.4 Å². The van der Waals surface area contributed by atoms with Crippen LogP contribution in [0.4, 0.5) is 5.69 Å². The number of aldehydes is 1. The highest BCUT2D eigenvalue weighted by Gasteiger charge is 2.65. The molecule has 1 amide bonds. The van der Waals surface area contributed by atoms with Crippen molar-refractivity contribution in [1.82, 2.24) is 4.31 Å². The van der Waals surface area contributed by atoms with Gasteiger partial charge in [0.05, 0.1) is 35.8 Å². The average Bonchev–Trinajstić information content (AvgIpc) is 3.29. The van der Waals surface area contributed by atoms with Gasteiger partial charge in [0.25, 0.3) is 0 Å². The lowest BCUT2D eigenvalue weighted by molar-refractivity contribution is -0.250. The standard InChI is InChI=1S/C48H59N3O11S/c1-4-25-59-48-44(51(3)63(56,57)38-20-17-35(18-21-38)49-32(2)55)30-42(50-62-45-16-7-10-26-58-45)40-28-34(13-5-8-23-52)39(15-6-9-24-53)46(47(40)48)41-29-37(19-22-43(41)61-48)60-36-14-11-12-33(27-36)31-54/h4,11-12,14,17-22,27-29,31,34,39,44-47,52-53H,1,5-10,13,15-16,23-26,30H2,2-3H3,(H,49,55). The molecule has 14 nitrogen and oxygen atoms in total. The molecule has 63 heavy (non-hydrogen) atoms. The summed E-state index contributed by atoms with van der Waals surface area (Å²) in [5, 5.41) is 27.4. The van der Waals surface area contributed by atoms with E-state index in [-0.39, 0.29) is 54.8 Å². The fraction of sp³-hybridized carbons (Fsp3) is 0.479. The molecule has 2 fully saturated rings. The Hall–Kier alpha value is -4.90. The zero-order chi connectivity index (χ0) is 44.6. The molecular weight excluding hydrogens is 827 g/mol. The molecule has 0 aromatic heterocycles. The molecule has 7 atom stereocenters. The summed E-state index contributed by atoms with van der Waals surface area (Å²) in [6.45, 7) is 6.03. The Bertz CT molecular complexity index is 2260. The second-order valence-electron chi connectivity index (χ2n) is 16.7. The van der Waals surface area contributed by atoms with Gasteiger partial charge in [0, 0.05) is 62.8 Å². The summed E-state index contributed by atoms with van der Waals surface area (Å²) < 4.78 is 57.6. The minimum atomic E-state index is -4.26. The Balaban J connectivity index is 1.43. The molecule has 3 aromatic rings. The number of likely N-dealkylation sites (N-methyl/N-ethyl adjacent to an activating group) is 1. The van der Waals surface area contributed by atoms with Crippen LogP contribution in [0.2, 0.25) is 0 Å². The summed E-state index contributed by atoms with van der Waals surface area (Å²) in [5.41, 5.74) is 3.14. The molecule has 2 aliphatic heterocycles. The van der Waals surface area contributed by atoms with Crippen molar-refractivity contribution >= 4 is 33.6 Å². The molecule has 338 valence electrons. The minimum absolute atomic E-state index is 0.00678. The molecule has 3 aromatic carbocycles. The van der Waals surface area contributed by atoms with E-state index >= 15 is 0 Å². The van der Waals surface area contributed by atoms with Crippen LogP contribution in [0, 0.1) is 17.8 Å². The molecule has 7 rings (SSSR count). The maximum absolute atomic E-state index is 14.9. The second kappa shape index (κ2) is 20.7. The minimum Gasteiger partial charge on any atom is -0.460 e. The summed E-state index contributed by atoms with van der Waals surface area (Å²) in [6.07, 6.45) is 10.8. The Labute approximate surface area is 369 Å². The van der Waals surface area contributed by atoms with Crippen LogP contribution in [0.3, 0.4) is 0 Å². The van der Waals surface area contributed by atoms with Gasteiger partial charge in [-0.3, -0.25) is 9.59 Å². The van der Waals surface area contributed by atoms with Crippen molar-refractivity contribution < 1.29 is 52.0 Å². The fourth-order valence-electron chi connectivity index (χ4n) is 9.72. The molecule has 0 bridgehead atoms. The molecule has 15 heteroatoms. The van der Waals surface area contributed by atoms with Gasteiger partial charge in [0.2, 0.25) is 28.0 Å². The summed E-state index contributed by atoms with van der Waals surface area (Å²) in [5.74, 6) is -1.47. The maximum atomic E-state index is 14.9. The molecular formula is C48H59N3O11S. The molecule has 1 saturated heterocycles. The van der Waals surface area contributed by atoms with E-state index in [1.165, 1.54) is 30.4 Å². The quantitative estimate of drug-likeness (QED) is 0.0437. The molecule has 0 spiro atoms. The van der Waals surface area contributed by atoms with E-state index in [0.29, 0.717) is 60.1 Å². The van der Waals surface area contributed by atoms with E-state index in [0.717, 1.165) is 55.9 Å². The second-order valence-corrected chi connectivity index (χ2v) is 18.7. The number of aliphatic hydroxyl groups is 2. The van der Waals surface area contributed by atoms with E-state index in [1.54, 1.807) is 48.5 Å². The van der Waals surface area contributed by atoms with Crippen molar-refractivity contribution in [1.29, 1.82) is 0 Å². The van der Waals surface area contributed by atoms with E-state index < -0.39 is 34.1 Å². The number of ether oxygens (including phenoxy) is 4. The molecule has 2 heterocycles. The number of nitrogens with one attached hydrogen (secondary N) is 1. The van der Waals surface area contributed by atoms with Gasteiger partial charge >= 0.3 is 0 Å². The number of hydrogen-bond acceptors (Lipinski definition) is 12. The zero-order valence-electron chi connectivity index (χ0n) is 36.0. The molecule has 0 radical (unpaired) electrons. The predicted octanol–water partition coefficient (Wildman–Crippen LogP) is 7.73. The van der Waals surface area contributed by atoms with Crippen molar-refractivity contribution in [3.05, 3.63) is 102 Å². The van der Waals surface area contributed by atoms with Gasteiger partial charge in [0.15, 0.2) is 0 Å². The molecule has 1 saturated carbocycles. The lowest BCUT2D eigenvalue weighted by atomic mass is 9.55. The van der Waals surface area contributed by atoms with E-state index in [2.05, 4.69) is 18.0 Å². The van der Waals surface area contributed by atoms with Gasteiger partial charge in [-0.1, -0.05) is 42.3 Å². The summed E-state index contributed by atoms with van der Waals surface area (Å²) in [4.78, 5) is 29.6. The van der Waals surface area contributed by atoms with Gasteiger partial charge in [-0.05, 0) is 111 Å². The molecule has 3 N–H and O–H groups in total. The van der Waals surface area contributed by atoms with Crippen LogP contribution in [-0.2, 0) is 29.1 Å². The Morgan fingerprint density at radius 1 is 1.02 bits per heavy atom. The predicted molar refractivity (Wildman–Crippen MR) is 237 cm³/mol. The lowest BCUT2D eigenvalue weighted by Crippen LogP contribution is -2.69. The van der Waals surface area contributed by atoms with Crippen LogP contribution < -0.4 is 14.8 Å². The monoisotopic (exact) mass is 885 g/mol. The van der Waals surface area contributed by atoms with E-state index in [1.807, 2.05) is 12.1 Å². The molecule has 7 unspecified atom stereocenters. The number of hydrogen-bond donors (Lipinski definition) is 3. The lowest BCUT2D eigenvalue weighted by Gasteiger charge is -2.59. The third-order valence-corrected chi connectivity index (χ3v) is 14.5. The van der Waals surface area contributed by atoms with Crippen LogP contribution >= 0.6 is 0 Å². The SMILES string of the molecule is C=CCOC12Oc3ccc(Oc4cccc(C=O)c4)cc3C3C(CCCCO)C(CCCCO)C=C(C(=NOC4CCCCO4)CC1N(C)S(=O)(=O)c1ccc(NC(C)=O)cc1)C32. The summed E-state index contributed by atoms with van der Waals surface area (Å²) in [7, 11) is -2.74. The Morgan fingerprint density at radius 2 is 1.78 bits per heavy atom. The Morgan fingerprint density at radius 3 is 2.48 bits per heavy atom. The highest BCUT2D eigenvalue weighted by atomic mass is 32.2.